The van der Waals surface area contributed by atoms with Crippen molar-refractivity contribution in [1.29, 1.82) is 0 Å². The minimum absolute atomic E-state index is 0.0531. The largest absolute Gasteiger partial charge is 0.374 e. The average molecular weight is 337 g/mol. The normalized spacial score (nSPS) is 15.1. The van der Waals surface area contributed by atoms with Gasteiger partial charge in [-0.2, -0.15) is 0 Å². The summed E-state index contributed by atoms with van der Waals surface area (Å²) >= 11 is 0. The summed E-state index contributed by atoms with van der Waals surface area (Å²) in [7, 11) is 0. The fourth-order valence-corrected chi connectivity index (χ4v) is 2.91. The number of rotatable bonds is 6. The van der Waals surface area contributed by atoms with Crippen LogP contribution in [0.15, 0.2) is 54.6 Å². The van der Waals surface area contributed by atoms with E-state index in [0.717, 1.165) is 29.9 Å². The molecule has 0 bridgehead atoms. The molecule has 0 aromatic heterocycles. The third kappa shape index (κ3) is 4.38. The molecular formula is C20H23N3O2. The lowest BCUT2D eigenvalue weighted by Gasteiger charge is -2.18. The van der Waals surface area contributed by atoms with Gasteiger partial charge in [0.05, 0.1) is 0 Å². The van der Waals surface area contributed by atoms with Crippen molar-refractivity contribution in [1.82, 2.24) is 5.32 Å². The highest BCUT2D eigenvalue weighted by molar-refractivity contribution is 5.95. The van der Waals surface area contributed by atoms with E-state index in [2.05, 4.69) is 10.6 Å². The van der Waals surface area contributed by atoms with E-state index in [-0.39, 0.29) is 17.9 Å². The summed E-state index contributed by atoms with van der Waals surface area (Å²) in [5.74, 6) is 0.122. The summed E-state index contributed by atoms with van der Waals surface area (Å²) in [5.41, 5.74) is 2.84. The molecule has 1 fully saturated rings. The lowest BCUT2D eigenvalue weighted by atomic mass is 10.2. The molecule has 0 spiro atoms. The van der Waals surface area contributed by atoms with Crippen molar-refractivity contribution in [2.24, 2.45) is 0 Å². The van der Waals surface area contributed by atoms with Crippen LogP contribution in [0.5, 0.6) is 0 Å². The second-order valence-corrected chi connectivity index (χ2v) is 6.27. The van der Waals surface area contributed by atoms with Crippen molar-refractivity contribution in [2.45, 2.75) is 32.4 Å². The lowest BCUT2D eigenvalue weighted by Crippen LogP contribution is -2.37. The lowest BCUT2D eigenvalue weighted by molar-refractivity contribution is -0.121. The van der Waals surface area contributed by atoms with Gasteiger partial charge >= 0.3 is 0 Å². The topological polar surface area (TPSA) is 61.4 Å². The van der Waals surface area contributed by atoms with Crippen LogP contribution in [0.4, 0.5) is 11.4 Å². The van der Waals surface area contributed by atoms with Gasteiger partial charge in [0.2, 0.25) is 11.8 Å². The van der Waals surface area contributed by atoms with Crippen molar-refractivity contribution in [3.05, 3.63) is 60.2 Å². The number of nitrogens with one attached hydrogen (secondary N) is 2. The van der Waals surface area contributed by atoms with Gasteiger partial charge in [0.25, 0.3) is 0 Å². The number of amides is 2. The molecule has 0 radical (unpaired) electrons. The molecule has 1 saturated heterocycles. The van der Waals surface area contributed by atoms with Gasteiger partial charge in [-0.05, 0) is 43.2 Å². The summed E-state index contributed by atoms with van der Waals surface area (Å²) in [6, 6.07) is 17.1. The third-order valence-electron chi connectivity index (χ3n) is 4.34. The molecule has 1 heterocycles. The SMILES string of the molecule is C[C@H](Nc1ccc(N2CCCC2=O)cc1)C(=O)NCc1ccccc1. The van der Waals surface area contributed by atoms with E-state index >= 15 is 0 Å². The molecule has 1 aliphatic heterocycles. The number of nitrogens with zero attached hydrogens (tertiary/aromatic N) is 1. The zero-order valence-corrected chi connectivity index (χ0v) is 14.4. The number of hydrogen-bond acceptors (Lipinski definition) is 3. The molecule has 5 heteroatoms. The maximum absolute atomic E-state index is 12.2. The molecule has 1 aliphatic rings. The summed E-state index contributed by atoms with van der Waals surface area (Å²) in [6.07, 6.45) is 1.54. The third-order valence-corrected chi connectivity index (χ3v) is 4.34. The summed E-state index contributed by atoms with van der Waals surface area (Å²) in [5, 5.41) is 6.12. The number of carbonyl (C=O) groups excluding carboxylic acids is 2. The highest BCUT2D eigenvalue weighted by Gasteiger charge is 2.21. The van der Waals surface area contributed by atoms with E-state index in [1.807, 2.05) is 61.5 Å². The number of benzene rings is 2. The van der Waals surface area contributed by atoms with Gasteiger partial charge in [-0.15, -0.1) is 0 Å². The van der Waals surface area contributed by atoms with E-state index in [4.69, 9.17) is 0 Å². The Labute approximate surface area is 148 Å². The Morgan fingerprint density at radius 3 is 2.48 bits per heavy atom. The number of carbonyl (C=O) groups is 2. The molecule has 2 aromatic rings. The van der Waals surface area contributed by atoms with Crippen LogP contribution < -0.4 is 15.5 Å². The Balaban J connectivity index is 1.52. The van der Waals surface area contributed by atoms with Crippen molar-refractivity contribution < 1.29 is 9.59 Å². The molecule has 25 heavy (non-hydrogen) atoms. The highest BCUT2D eigenvalue weighted by Crippen LogP contribution is 2.23. The first-order chi connectivity index (χ1) is 12.1. The second-order valence-electron chi connectivity index (χ2n) is 6.27. The Morgan fingerprint density at radius 1 is 1.12 bits per heavy atom. The summed E-state index contributed by atoms with van der Waals surface area (Å²) < 4.78 is 0. The highest BCUT2D eigenvalue weighted by atomic mass is 16.2. The monoisotopic (exact) mass is 337 g/mol. The zero-order valence-electron chi connectivity index (χ0n) is 14.4. The number of hydrogen-bond donors (Lipinski definition) is 2. The summed E-state index contributed by atoms with van der Waals surface area (Å²) in [6.45, 7) is 3.13. The molecule has 5 nitrogen and oxygen atoms in total. The maximum atomic E-state index is 12.2. The Hall–Kier alpha value is -2.82. The van der Waals surface area contributed by atoms with Crippen LogP contribution in [0.1, 0.15) is 25.3 Å². The predicted molar refractivity (Wildman–Crippen MR) is 99.4 cm³/mol. The molecule has 130 valence electrons. The Bertz CT molecular complexity index is 728. The van der Waals surface area contributed by atoms with Crippen molar-refractivity contribution >= 4 is 23.2 Å². The van der Waals surface area contributed by atoms with E-state index in [9.17, 15) is 9.59 Å². The molecule has 2 N–H and O–H groups in total. The molecule has 2 amide bonds. The van der Waals surface area contributed by atoms with Gasteiger partial charge < -0.3 is 15.5 Å². The van der Waals surface area contributed by atoms with Crippen molar-refractivity contribution in [3.63, 3.8) is 0 Å². The fourth-order valence-electron chi connectivity index (χ4n) is 2.91. The van der Waals surface area contributed by atoms with Gasteiger partial charge in [-0.1, -0.05) is 30.3 Å². The summed E-state index contributed by atoms with van der Waals surface area (Å²) in [4.78, 5) is 25.8. The first-order valence-electron chi connectivity index (χ1n) is 8.62. The quantitative estimate of drug-likeness (QED) is 0.852. The van der Waals surface area contributed by atoms with Gasteiger partial charge in [0, 0.05) is 30.9 Å². The van der Waals surface area contributed by atoms with Crippen molar-refractivity contribution in [3.8, 4) is 0 Å². The Morgan fingerprint density at radius 2 is 1.84 bits per heavy atom. The second kappa shape index (κ2) is 7.83. The first-order valence-corrected chi connectivity index (χ1v) is 8.62. The molecule has 2 aromatic carbocycles. The Kier molecular flexibility index (Phi) is 5.33. The van der Waals surface area contributed by atoms with Crippen LogP contribution in [0.25, 0.3) is 0 Å². The van der Waals surface area contributed by atoms with Crippen LogP contribution in [0, 0.1) is 0 Å². The maximum Gasteiger partial charge on any atom is 0.242 e. The molecule has 0 saturated carbocycles. The van der Waals surface area contributed by atoms with Crippen molar-refractivity contribution in [2.75, 3.05) is 16.8 Å². The fraction of sp³-hybridized carbons (Fsp3) is 0.300. The molecular weight excluding hydrogens is 314 g/mol. The average Bonchev–Trinajstić information content (AvgIpc) is 3.07. The van der Waals surface area contributed by atoms with Crippen LogP contribution in [0.2, 0.25) is 0 Å². The van der Waals surface area contributed by atoms with Crippen LogP contribution in [-0.4, -0.2) is 24.4 Å². The van der Waals surface area contributed by atoms with Gasteiger partial charge in [0.15, 0.2) is 0 Å². The van der Waals surface area contributed by atoms with E-state index in [1.54, 1.807) is 4.90 Å². The smallest absolute Gasteiger partial charge is 0.242 e. The van der Waals surface area contributed by atoms with Crippen LogP contribution >= 0.6 is 0 Å². The number of anilines is 2. The van der Waals surface area contributed by atoms with Gasteiger partial charge in [0.1, 0.15) is 6.04 Å². The van der Waals surface area contributed by atoms with E-state index in [1.165, 1.54) is 0 Å². The molecule has 3 rings (SSSR count). The predicted octanol–water partition coefficient (Wildman–Crippen LogP) is 2.93. The van der Waals surface area contributed by atoms with E-state index in [0.29, 0.717) is 13.0 Å². The minimum atomic E-state index is -0.344. The first kappa shape index (κ1) is 17.0. The minimum Gasteiger partial charge on any atom is -0.374 e. The van der Waals surface area contributed by atoms with Crippen LogP contribution in [0.3, 0.4) is 0 Å². The molecule has 1 atom stereocenters. The van der Waals surface area contributed by atoms with Gasteiger partial charge in [-0.25, -0.2) is 0 Å². The van der Waals surface area contributed by atoms with Gasteiger partial charge in [-0.3, -0.25) is 9.59 Å². The van der Waals surface area contributed by atoms with Crippen LogP contribution in [-0.2, 0) is 16.1 Å². The molecule has 0 unspecified atom stereocenters. The standard InChI is InChI=1S/C20H23N3O2/c1-15(20(25)21-14-16-6-3-2-4-7-16)22-17-9-11-18(12-10-17)23-13-5-8-19(23)24/h2-4,6-7,9-12,15,22H,5,8,13-14H2,1H3,(H,21,25)/t15-/m0/s1. The molecule has 0 aliphatic carbocycles. The van der Waals surface area contributed by atoms with E-state index < -0.39 is 0 Å². The zero-order chi connectivity index (χ0) is 17.6.